The molecule has 0 amide bonds. The van der Waals surface area contributed by atoms with Crippen LogP contribution in [0.25, 0.3) is 0 Å². The normalized spacial score (nSPS) is 14.3. The predicted octanol–water partition coefficient (Wildman–Crippen LogP) is 1.93. The number of thiophene rings is 1. The van der Waals surface area contributed by atoms with Crippen molar-refractivity contribution in [1.82, 2.24) is 5.32 Å². The van der Waals surface area contributed by atoms with Crippen LogP contribution in [0.2, 0.25) is 0 Å². The average Bonchev–Trinajstić information content (AvgIpc) is 2.94. The van der Waals surface area contributed by atoms with Gasteiger partial charge in [0.2, 0.25) is 0 Å². The minimum absolute atomic E-state index is 0.227. The molecule has 2 atom stereocenters. The van der Waals surface area contributed by atoms with Gasteiger partial charge in [-0.15, -0.1) is 11.3 Å². The third-order valence-electron chi connectivity index (χ3n) is 2.79. The Morgan fingerprint density at radius 2 is 1.89 bits per heavy atom. The van der Waals surface area contributed by atoms with E-state index in [1.165, 1.54) is 0 Å². The molecule has 1 aromatic heterocycles. The number of hydrogen-bond acceptors (Lipinski definition) is 4. The van der Waals surface area contributed by atoms with Crippen molar-refractivity contribution in [2.45, 2.75) is 18.7 Å². The largest absolute Gasteiger partial charge is 0.394 e. The van der Waals surface area contributed by atoms with Gasteiger partial charge in [0.15, 0.2) is 0 Å². The van der Waals surface area contributed by atoms with Crippen LogP contribution in [-0.4, -0.2) is 22.9 Å². The molecule has 3 nitrogen and oxygen atoms in total. The van der Waals surface area contributed by atoms with Crippen LogP contribution in [0.3, 0.4) is 0 Å². The van der Waals surface area contributed by atoms with Crippen LogP contribution in [0.5, 0.6) is 0 Å². The first kappa shape index (κ1) is 13.2. The lowest BCUT2D eigenvalue weighted by molar-refractivity contribution is 0.0629. The number of rotatable bonds is 6. The van der Waals surface area contributed by atoms with E-state index in [9.17, 15) is 5.11 Å². The molecule has 0 saturated heterocycles. The quantitative estimate of drug-likeness (QED) is 0.746. The Bertz CT molecular complexity index is 444. The highest BCUT2D eigenvalue weighted by molar-refractivity contribution is 7.10. The van der Waals surface area contributed by atoms with Crippen LogP contribution < -0.4 is 5.32 Å². The molecule has 0 saturated carbocycles. The molecule has 0 radical (unpaired) electrons. The third-order valence-corrected chi connectivity index (χ3v) is 3.75. The summed E-state index contributed by atoms with van der Waals surface area (Å²) < 4.78 is 0. The predicted molar refractivity (Wildman–Crippen MR) is 73.4 cm³/mol. The van der Waals surface area contributed by atoms with E-state index in [2.05, 4.69) is 5.32 Å². The summed E-state index contributed by atoms with van der Waals surface area (Å²) in [5.41, 5.74) is 1.16. The smallest absolute Gasteiger partial charge is 0.0973 e. The molecule has 2 unspecified atom stereocenters. The summed E-state index contributed by atoms with van der Waals surface area (Å²) in [5.74, 6) is 0. The SMILES string of the molecule is OCC(O)C(NCc1ccccc1)c1cccs1. The molecule has 2 aromatic rings. The molecule has 18 heavy (non-hydrogen) atoms. The van der Waals surface area contributed by atoms with Gasteiger partial charge in [0.25, 0.3) is 0 Å². The zero-order valence-electron chi connectivity index (χ0n) is 9.99. The maximum atomic E-state index is 9.86. The van der Waals surface area contributed by atoms with Gasteiger partial charge in [-0.1, -0.05) is 36.4 Å². The van der Waals surface area contributed by atoms with E-state index in [0.29, 0.717) is 6.54 Å². The summed E-state index contributed by atoms with van der Waals surface area (Å²) in [6.07, 6.45) is -0.785. The molecule has 0 aliphatic carbocycles. The molecule has 4 heteroatoms. The van der Waals surface area contributed by atoms with Gasteiger partial charge < -0.3 is 15.5 Å². The van der Waals surface area contributed by atoms with Gasteiger partial charge >= 0.3 is 0 Å². The summed E-state index contributed by atoms with van der Waals surface area (Å²) in [4.78, 5) is 1.03. The highest BCUT2D eigenvalue weighted by Gasteiger charge is 2.20. The molecule has 2 rings (SSSR count). The van der Waals surface area contributed by atoms with Crippen LogP contribution >= 0.6 is 11.3 Å². The number of aliphatic hydroxyl groups is 2. The average molecular weight is 263 g/mol. The van der Waals surface area contributed by atoms with Gasteiger partial charge in [-0.2, -0.15) is 0 Å². The monoisotopic (exact) mass is 263 g/mol. The fourth-order valence-electron chi connectivity index (χ4n) is 1.82. The number of aliphatic hydroxyl groups excluding tert-OH is 2. The lowest BCUT2D eigenvalue weighted by Crippen LogP contribution is -2.33. The number of hydrogen-bond donors (Lipinski definition) is 3. The van der Waals surface area contributed by atoms with Gasteiger partial charge in [-0.3, -0.25) is 0 Å². The van der Waals surface area contributed by atoms with E-state index in [-0.39, 0.29) is 12.6 Å². The van der Waals surface area contributed by atoms with Crippen LogP contribution in [0, 0.1) is 0 Å². The van der Waals surface area contributed by atoms with E-state index in [1.54, 1.807) is 11.3 Å². The van der Waals surface area contributed by atoms with Crippen molar-refractivity contribution >= 4 is 11.3 Å². The Hall–Kier alpha value is -1.20. The lowest BCUT2D eigenvalue weighted by atomic mass is 10.1. The molecule has 0 bridgehead atoms. The molecule has 0 aliphatic rings. The Balaban J connectivity index is 2.02. The first-order chi connectivity index (χ1) is 8.81. The van der Waals surface area contributed by atoms with Crippen molar-refractivity contribution in [2.75, 3.05) is 6.61 Å². The Morgan fingerprint density at radius 1 is 1.11 bits per heavy atom. The van der Waals surface area contributed by atoms with E-state index in [1.807, 2.05) is 47.8 Å². The molecule has 1 aromatic carbocycles. The zero-order chi connectivity index (χ0) is 12.8. The van der Waals surface area contributed by atoms with Crippen molar-refractivity contribution in [3.8, 4) is 0 Å². The molecule has 0 fully saturated rings. The van der Waals surface area contributed by atoms with Crippen molar-refractivity contribution in [3.63, 3.8) is 0 Å². The fourth-order valence-corrected chi connectivity index (χ4v) is 2.68. The second-order valence-corrected chi connectivity index (χ2v) is 5.09. The van der Waals surface area contributed by atoms with Gasteiger partial charge in [0.1, 0.15) is 0 Å². The molecule has 0 aliphatic heterocycles. The van der Waals surface area contributed by atoms with Crippen molar-refractivity contribution in [2.24, 2.45) is 0 Å². The Labute approximate surface area is 111 Å². The molecular weight excluding hydrogens is 246 g/mol. The standard InChI is InChI=1S/C14H17NO2S/c16-10-12(17)14(13-7-4-8-18-13)15-9-11-5-2-1-3-6-11/h1-8,12,14-17H,9-10H2. The fraction of sp³-hybridized carbons (Fsp3) is 0.286. The first-order valence-corrected chi connectivity index (χ1v) is 6.79. The van der Waals surface area contributed by atoms with Gasteiger partial charge in [-0.05, 0) is 17.0 Å². The van der Waals surface area contributed by atoms with Crippen LogP contribution in [0.4, 0.5) is 0 Å². The van der Waals surface area contributed by atoms with Gasteiger partial charge in [-0.25, -0.2) is 0 Å². The molecule has 3 N–H and O–H groups in total. The first-order valence-electron chi connectivity index (χ1n) is 5.91. The summed E-state index contributed by atoms with van der Waals surface area (Å²) in [7, 11) is 0. The second-order valence-electron chi connectivity index (χ2n) is 4.11. The number of nitrogens with one attached hydrogen (secondary N) is 1. The highest BCUT2D eigenvalue weighted by Crippen LogP contribution is 2.22. The maximum absolute atomic E-state index is 9.86. The van der Waals surface area contributed by atoms with Crippen LogP contribution in [0.15, 0.2) is 47.8 Å². The van der Waals surface area contributed by atoms with Crippen molar-refractivity contribution in [1.29, 1.82) is 0 Å². The van der Waals surface area contributed by atoms with E-state index >= 15 is 0 Å². The topological polar surface area (TPSA) is 52.5 Å². The van der Waals surface area contributed by atoms with Crippen LogP contribution in [-0.2, 0) is 6.54 Å². The lowest BCUT2D eigenvalue weighted by Gasteiger charge is -2.21. The van der Waals surface area contributed by atoms with Gasteiger partial charge in [0, 0.05) is 11.4 Å². The summed E-state index contributed by atoms with van der Waals surface area (Å²) in [6.45, 7) is 0.421. The molecule has 1 heterocycles. The minimum Gasteiger partial charge on any atom is -0.394 e. The summed E-state index contributed by atoms with van der Waals surface area (Å²) in [6, 6.07) is 13.7. The zero-order valence-corrected chi connectivity index (χ0v) is 10.8. The summed E-state index contributed by atoms with van der Waals surface area (Å²) in [5, 5.41) is 24.2. The van der Waals surface area contributed by atoms with Gasteiger partial charge in [0.05, 0.1) is 18.8 Å². The second kappa shape index (κ2) is 6.66. The third kappa shape index (κ3) is 3.40. The van der Waals surface area contributed by atoms with E-state index < -0.39 is 6.10 Å². The molecule has 0 spiro atoms. The Kier molecular flexibility index (Phi) is 4.90. The highest BCUT2D eigenvalue weighted by atomic mass is 32.1. The maximum Gasteiger partial charge on any atom is 0.0973 e. The van der Waals surface area contributed by atoms with Crippen molar-refractivity contribution < 1.29 is 10.2 Å². The number of benzene rings is 1. The summed E-state index contributed by atoms with van der Waals surface area (Å²) >= 11 is 1.58. The van der Waals surface area contributed by atoms with Crippen LogP contribution in [0.1, 0.15) is 16.5 Å². The molecular formula is C14H17NO2S. The van der Waals surface area contributed by atoms with E-state index in [4.69, 9.17) is 5.11 Å². The van der Waals surface area contributed by atoms with Crippen molar-refractivity contribution in [3.05, 3.63) is 58.3 Å². The molecule has 96 valence electrons. The Morgan fingerprint density at radius 3 is 2.50 bits per heavy atom. The van der Waals surface area contributed by atoms with E-state index in [0.717, 1.165) is 10.4 Å². The minimum atomic E-state index is -0.785.